The second-order valence-electron chi connectivity index (χ2n) is 3.03. The maximum Gasteiger partial charge on any atom is 0.325 e. The zero-order chi connectivity index (χ0) is 11.4. The highest BCUT2D eigenvalue weighted by molar-refractivity contribution is 5.75. The predicted octanol–water partition coefficient (Wildman–Crippen LogP) is 1.57. The molecule has 0 bridgehead atoms. The molecule has 0 fully saturated rings. The summed E-state index contributed by atoms with van der Waals surface area (Å²) in [6.07, 6.45) is 0. The van der Waals surface area contributed by atoms with E-state index < -0.39 is 17.6 Å². The summed E-state index contributed by atoms with van der Waals surface area (Å²) in [6, 6.07) is 3.06. The third-order valence-electron chi connectivity index (χ3n) is 1.91. The number of carbonyl (C=O) groups excluding carboxylic acids is 1. The lowest BCUT2D eigenvalue weighted by Gasteiger charge is -2.18. The molecule has 0 saturated heterocycles. The summed E-state index contributed by atoms with van der Waals surface area (Å²) >= 11 is 0. The second kappa shape index (κ2) is 4.72. The number of hydrogen-bond acceptors (Lipinski definition) is 3. The summed E-state index contributed by atoms with van der Waals surface area (Å²) < 4.78 is 30.4. The number of anilines is 1. The van der Waals surface area contributed by atoms with Crippen LogP contribution in [0, 0.1) is 11.6 Å². The summed E-state index contributed by atoms with van der Waals surface area (Å²) in [7, 11) is 2.72. The number of carbonyl (C=O) groups is 1. The number of hydrogen-bond donors (Lipinski definition) is 0. The third-order valence-corrected chi connectivity index (χ3v) is 1.91. The van der Waals surface area contributed by atoms with E-state index >= 15 is 0 Å². The van der Waals surface area contributed by atoms with Gasteiger partial charge in [-0.15, -0.1) is 0 Å². The minimum atomic E-state index is -0.581. The lowest BCUT2D eigenvalue weighted by molar-refractivity contribution is -0.138. The van der Waals surface area contributed by atoms with Gasteiger partial charge in [0.2, 0.25) is 0 Å². The van der Waals surface area contributed by atoms with E-state index in [0.29, 0.717) is 0 Å². The van der Waals surface area contributed by atoms with Crippen LogP contribution in [0.4, 0.5) is 14.5 Å². The third kappa shape index (κ3) is 2.90. The number of benzene rings is 1. The highest BCUT2D eigenvalue weighted by atomic mass is 19.1. The molecule has 0 aliphatic rings. The molecule has 0 N–H and O–H groups in total. The Hall–Kier alpha value is -1.65. The van der Waals surface area contributed by atoms with E-state index in [2.05, 4.69) is 4.74 Å². The van der Waals surface area contributed by atoms with Gasteiger partial charge in [-0.25, -0.2) is 8.78 Å². The molecule has 82 valence electrons. The lowest BCUT2D eigenvalue weighted by atomic mass is 10.2. The van der Waals surface area contributed by atoms with Crippen molar-refractivity contribution >= 4 is 11.7 Å². The van der Waals surface area contributed by atoms with Crippen LogP contribution >= 0.6 is 0 Å². The molecule has 0 radical (unpaired) electrons. The fourth-order valence-electron chi connectivity index (χ4n) is 1.12. The van der Waals surface area contributed by atoms with Gasteiger partial charge in [-0.2, -0.15) is 0 Å². The minimum absolute atomic E-state index is 0.0281. The normalized spacial score (nSPS) is 9.87. The molecule has 0 heterocycles. The van der Waals surface area contributed by atoms with Crippen LogP contribution in [0.3, 0.4) is 0 Å². The largest absolute Gasteiger partial charge is 0.468 e. The molecule has 0 aromatic heterocycles. The Balaban J connectivity index is 2.85. The zero-order valence-electron chi connectivity index (χ0n) is 8.46. The van der Waals surface area contributed by atoms with E-state index in [4.69, 9.17) is 0 Å². The quantitative estimate of drug-likeness (QED) is 0.717. The molecule has 1 aromatic rings. The van der Waals surface area contributed by atoms with E-state index in [0.717, 1.165) is 18.2 Å². The summed E-state index contributed by atoms with van der Waals surface area (Å²) in [5, 5.41) is 0. The first-order valence-corrected chi connectivity index (χ1v) is 4.27. The van der Waals surface area contributed by atoms with Crippen LogP contribution in [0.5, 0.6) is 0 Å². The van der Waals surface area contributed by atoms with E-state index in [1.54, 1.807) is 0 Å². The summed E-state index contributed by atoms with van der Waals surface area (Å²) in [6.45, 7) is -0.128. The van der Waals surface area contributed by atoms with Crippen LogP contribution in [0.2, 0.25) is 0 Å². The van der Waals surface area contributed by atoms with Gasteiger partial charge in [0.25, 0.3) is 0 Å². The SMILES string of the molecule is COC(=O)CN(C)c1cc(F)ccc1F. The van der Waals surface area contributed by atoms with Gasteiger partial charge in [0.1, 0.15) is 18.2 Å². The Morgan fingerprint density at radius 2 is 2.13 bits per heavy atom. The maximum atomic E-state index is 13.2. The van der Waals surface area contributed by atoms with Crippen LogP contribution in [0.25, 0.3) is 0 Å². The monoisotopic (exact) mass is 215 g/mol. The van der Waals surface area contributed by atoms with Crippen LogP contribution in [0.15, 0.2) is 18.2 Å². The Morgan fingerprint density at radius 1 is 1.47 bits per heavy atom. The Kier molecular flexibility index (Phi) is 3.60. The van der Waals surface area contributed by atoms with E-state index in [-0.39, 0.29) is 12.2 Å². The molecule has 0 unspecified atom stereocenters. The first-order chi connectivity index (χ1) is 7.04. The van der Waals surface area contributed by atoms with Crippen molar-refractivity contribution in [1.82, 2.24) is 0 Å². The van der Waals surface area contributed by atoms with Gasteiger partial charge in [-0.1, -0.05) is 0 Å². The van der Waals surface area contributed by atoms with Crippen molar-refractivity contribution in [1.29, 1.82) is 0 Å². The highest BCUT2D eigenvalue weighted by Crippen LogP contribution is 2.18. The first-order valence-electron chi connectivity index (χ1n) is 4.27. The minimum Gasteiger partial charge on any atom is -0.468 e. The lowest BCUT2D eigenvalue weighted by Crippen LogP contribution is -2.27. The topological polar surface area (TPSA) is 29.5 Å². The summed E-state index contributed by atoms with van der Waals surface area (Å²) in [5.74, 6) is -1.65. The molecule has 3 nitrogen and oxygen atoms in total. The molecule has 0 saturated carbocycles. The van der Waals surface area contributed by atoms with Gasteiger partial charge in [-0.05, 0) is 12.1 Å². The van der Waals surface area contributed by atoms with Gasteiger partial charge in [0.15, 0.2) is 0 Å². The molecular formula is C10H11F2NO2. The Morgan fingerprint density at radius 3 is 2.73 bits per heavy atom. The van der Waals surface area contributed by atoms with Crippen molar-refractivity contribution in [3.63, 3.8) is 0 Å². The van der Waals surface area contributed by atoms with E-state index in [1.807, 2.05) is 0 Å². The standard InChI is InChI=1S/C10H11F2NO2/c1-13(6-10(14)15-2)9-5-7(11)3-4-8(9)12/h3-5H,6H2,1-2H3. The van der Waals surface area contributed by atoms with Gasteiger partial charge in [0.05, 0.1) is 12.8 Å². The molecule has 0 amide bonds. The van der Waals surface area contributed by atoms with Crippen LogP contribution in [0.1, 0.15) is 0 Å². The van der Waals surface area contributed by atoms with Crippen molar-refractivity contribution in [2.24, 2.45) is 0 Å². The smallest absolute Gasteiger partial charge is 0.325 e. The van der Waals surface area contributed by atoms with Crippen LogP contribution in [-0.4, -0.2) is 26.7 Å². The Labute approximate surface area is 86.3 Å². The first kappa shape index (κ1) is 11.4. The van der Waals surface area contributed by atoms with Crippen LogP contribution in [-0.2, 0) is 9.53 Å². The molecular weight excluding hydrogens is 204 g/mol. The average Bonchev–Trinajstić information content (AvgIpc) is 2.21. The highest BCUT2D eigenvalue weighted by Gasteiger charge is 2.12. The van der Waals surface area contributed by atoms with Crippen molar-refractivity contribution in [2.75, 3.05) is 25.6 Å². The molecule has 15 heavy (non-hydrogen) atoms. The fraction of sp³-hybridized carbons (Fsp3) is 0.300. The zero-order valence-corrected chi connectivity index (χ0v) is 8.46. The van der Waals surface area contributed by atoms with Crippen molar-refractivity contribution in [2.45, 2.75) is 0 Å². The van der Waals surface area contributed by atoms with Crippen molar-refractivity contribution < 1.29 is 18.3 Å². The number of likely N-dealkylation sites (N-methyl/N-ethyl adjacent to an activating group) is 1. The molecule has 1 rings (SSSR count). The van der Waals surface area contributed by atoms with Crippen molar-refractivity contribution in [3.05, 3.63) is 29.8 Å². The summed E-state index contributed by atoms with van der Waals surface area (Å²) in [5.41, 5.74) is 0.0281. The maximum absolute atomic E-state index is 13.2. The fourth-order valence-corrected chi connectivity index (χ4v) is 1.12. The van der Waals surface area contributed by atoms with Gasteiger partial charge < -0.3 is 9.64 Å². The molecule has 0 atom stereocenters. The van der Waals surface area contributed by atoms with Crippen molar-refractivity contribution in [3.8, 4) is 0 Å². The predicted molar refractivity (Wildman–Crippen MR) is 51.6 cm³/mol. The second-order valence-corrected chi connectivity index (χ2v) is 3.03. The van der Waals surface area contributed by atoms with E-state index in [1.165, 1.54) is 19.1 Å². The van der Waals surface area contributed by atoms with Gasteiger partial charge >= 0.3 is 5.97 Å². The van der Waals surface area contributed by atoms with E-state index in [9.17, 15) is 13.6 Å². The van der Waals surface area contributed by atoms with Crippen LogP contribution < -0.4 is 4.90 Å². The van der Waals surface area contributed by atoms with Gasteiger partial charge in [0, 0.05) is 13.1 Å². The molecule has 5 heteroatoms. The number of nitrogens with zero attached hydrogens (tertiary/aromatic N) is 1. The Bertz CT molecular complexity index is 368. The molecule has 0 aliphatic carbocycles. The molecule has 1 aromatic carbocycles. The average molecular weight is 215 g/mol. The summed E-state index contributed by atoms with van der Waals surface area (Å²) in [4.78, 5) is 12.2. The number of esters is 1. The molecule has 0 spiro atoms. The number of methoxy groups -OCH3 is 1. The molecule has 0 aliphatic heterocycles. The van der Waals surface area contributed by atoms with Gasteiger partial charge in [-0.3, -0.25) is 4.79 Å². The number of rotatable bonds is 3. The number of halogens is 2. The number of ether oxygens (including phenoxy) is 1.